The topological polar surface area (TPSA) is 44.5 Å². The first-order chi connectivity index (χ1) is 9.97. The number of aromatic nitrogens is 1. The number of rotatable bonds is 6. The highest BCUT2D eigenvalue weighted by atomic mass is 16.6. The minimum Gasteiger partial charge on any atom is -0.442 e. The van der Waals surface area contributed by atoms with E-state index in [4.69, 9.17) is 13.7 Å². The average molecular weight is 287 g/mol. The Labute approximate surface area is 126 Å². The molecule has 0 amide bonds. The molecular weight excluding hydrogens is 265 g/mol. The van der Waals surface area contributed by atoms with Gasteiger partial charge in [0.25, 0.3) is 0 Å². The van der Waals surface area contributed by atoms with Crippen LogP contribution in [0.1, 0.15) is 33.5 Å². The van der Waals surface area contributed by atoms with Crippen molar-refractivity contribution in [2.45, 2.75) is 46.8 Å². The molecule has 2 rings (SSSR count). The molecule has 0 aliphatic carbocycles. The summed E-state index contributed by atoms with van der Waals surface area (Å²) < 4.78 is 17.4. The Morgan fingerprint density at radius 1 is 1.00 bits per heavy atom. The fraction of sp³-hybridized carbons (Fsp3) is 0.438. The molecule has 0 bridgehead atoms. The van der Waals surface area contributed by atoms with E-state index in [1.807, 2.05) is 65.0 Å². The van der Waals surface area contributed by atoms with Crippen LogP contribution in [-0.4, -0.2) is 24.3 Å². The van der Waals surface area contributed by atoms with Gasteiger partial charge in [0.2, 0.25) is 5.89 Å². The molecule has 2 aromatic rings. The molecule has 4 nitrogen and oxygen atoms in total. The Bertz CT molecular complexity index is 556. The molecule has 0 saturated carbocycles. The quantitative estimate of drug-likeness (QED) is 0.765. The zero-order valence-electron chi connectivity index (χ0n) is 13.3. The van der Waals surface area contributed by atoms with Crippen LogP contribution in [0.5, 0.6) is 0 Å². The van der Waals surface area contributed by atoms with E-state index in [9.17, 15) is 0 Å². The molecular formula is C16H22BNO3. The summed E-state index contributed by atoms with van der Waals surface area (Å²) in [7, 11) is -0.508. The summed E-state index contributed by atoms with van der Waals surface area (Å²) >= 11 is 0. The predicted molar refractivity (Wildman–Crippen MR) is 84.5 cm³/mol. The largest absolute Gasteiger partial charge is 0.517 e. The third kappa shape index (κ3) is 4.19. The van der Waals surface area contributed by atoms with Crippen LogP contribution in [0, 0.1) is 6.92 Å². The van der Waals surface area contributed by atoms with E-state index in [2.05, 4.69) is 4.98 Å². The van der Waals surface area contributed by atoms with E-state index in [1.165, 1.54) is 0 Å². The van der Waals surface area contributed by atoms with E-state index < -0.39 is 7.12 Å². The SMILES string of the molecule is Cc1oc(-c2ccccc2)nc1B(OC(C)C)OC(C)C. The van der Waals surface area contributed by atoms with E-state index >= 15 is 0 Å². The van der Waals surface area contributed by atoms with Gasteiger partial charge in [-0.05, 0) is 46.8 Å². The maximum absolute atomic E-state index is 5.83. The van der Waals surface area contributed by atoms with Crippen LogP contribution < -0.4 is 5.59 Å². The predicted octanol–water partition coefficient (Wildman–Crippen LogP) is 3.20. The normalized spacial score (nSPS) is 11.4. The van der Waals surface area contributed by atoms with Crippen LogP contribution in [0.2, 0.25) is 0 Å². The van der Waals surface area contributed by atoms with Crippen LogP contribution in [0.25, 0.3) is 11.5 Å². The molecule has 0 atom stereocenters. The molecule has 0 unspecified atom stereocenters. The fourth-order valence-electron chi connectivity index (χ4n) is 1.99. The van der Waals surface area contributed by atoms with Gasteiger partial charge in [0.05, 0.1) is 0 Å². The van der Waals surface area contributed by atoms with Crippen molar-refractivity contribution in [3.8, 4) is 11.5 Å². The molecule has 1 aromatic carbocycles. The first-order valence-corrected chi connectivity index (χ1v) is 7.31. The summed E-state index contributed by atoms with van der Waals surface area (Å²) in [6.45, 7) is 9.79. The highest BCUT2D eigenvalue weighted by Crippen LogP contribution is 2.18. The lowest BCUT2D eigenvalue weighted by Crippen LogP contribution is -2.42. The van der Waals surface area contributed by atoms with Gasteiger partial charge in [0, 0.05) is 17.8 Å². The summed E-state index contributed by atoms with van der Waals surface area (Å²) in [5, 5.41) is 0. The van der Waals surface area contributed by atoms with Crippen molar-refractivity contribution >= 4 is 12.7 Å². The molecule has 21 heavy (non-hydrogen) atoms. The Morgan fingerprint density at radius 2 is 1.57 bits per heavy atom. The van der Waals surface area contributed by atoms with Gasteiger partial charge in [-0.25, -0.2) is 4.98 Å². The maximum atomic E-state index is 5.83. The Kier molecular flexibility index (Phi) is 5.20. The molecule has 0 radical (unpaired) electrons. The number of hydrogen-bond donors (Lipinski definition) is 0. The molecule has 0 saturated heterocycles. The molecule has 0 N–H and O–H groups in total. The lowest BCUT2D eigenvalue weighted by molar-refractivity contribution is 0.138. The standard InChI is InChI=1S/C16H22BNO3/c1-11(2)20-17(21-12(3)4)15-13(5)19-16(18-15)14-9-7-6-8-10-14/h6-12H,1-5H3. The third-order valence-electron chi connectivity index (χ3n) is 2.87. The van der Waals surface area contributed by atoms with Crippen LogP contribution in [0.4, 0.5) is 0 Å². The molecule has 0 fully saturated rings. The molecule has 112 valence electrons. The first-order valence-electron chi connectivity index (χ1n) is 7.31. The smallest absolute Gasteiger partial charge is 0.442 e. The Balaban J connectivity index is 2.31. The molecule has 1 heterocycles. The van der Waals surface area contributed by atoms with Gasteiger partial charge >= 0.3 is 7.12 Å². The lowest BCUT2D eigenvalue weighted by Gasteiger charge is -2.18. The Hall–Kier alpha value is -1.59. The molecule has 1 aromatic heterocycles. The van der Waals surface area contributed by atoms with Gasteiger partial charge in [-0.1, -0.05) is 18.2 Å². The van der Waals surface area contributed by atoms with Crippen molar-refractivity contribution in [2.75, 3.05) is 0 Å². The molecule has 0 aliphatic heterocycles. The third-order valence-corrected chi connectivity index (χ3v) is 2.87. The summed E-state index contributed by atoms with van der Waals surface area (Å²) in [5.41, 5.74) is 1.65. The van der Waals surface area contributed by atoms with Crippen molar-refractivity contribution in [1.82, 2.24) is 4.98 Å². The van der Waals surface area contributed by atoms with Gasteiger partial charge in [0.1, 0.15) is 11.4 Å². The van der Waals surface area contributed by atoms with Crippen LogP contribution >= 0.6 is 0 Å². The minimum absolute atomic E-state index is 0.0463. The van der Waals surface area contributed by atoms with Crippen molar-refractivity contribution in [2.24, 2.45) is 0 Å². The monoisotopic (exact) mass is 287 g/mol. The zero-order chi connectivity index (χ0) is 15.4. The van der Waals surface area contributed by atoms with Gasteiger partial charge in [-0.3, -0.25) is 0 Å². The van der Waals surface area contributed by atoms with E-state index in [0.29, 0.717) is 11.5 Å². The van der Waals surface area contributed by atoms with Crippen molar-refractivity contribution in [3.05, 3.63) is 36.1 Å². The second kappa shape index (κ2) is 6.92. The van der Waals surface area contributed by atoms with E-state index in [0.717, 1.165) is 11.3 Å². The van der Waals surface area contributed by atoms with Gasteiger partial charge in [-0.15, -0.1) is 0 Å². The first kappa shape index (κ1) is 15.8. The average Bonchev–Trinajstić information content (AvgIpc) is 2.80. The zero-order valence-corrected chi connectivity index (χ0v) is 13.3. The highest BCUT2D eigenvalue weighted by molar-refractivity contribution is 6.60. The number of hydrogen-bond acceptors (Lipinski definition) is 4. The van der Waals surface area contributed by atoms with E-state index in [1.54, 1.807) is 0 Å². The van der Waals surface area contributed by atoms with Crippen molar-refractivity contribution in [3.63, 3.8) is 0 Å². The second-order valence-corrected chi connectivity index (χ2v) is 5.53. The highest BCUT2D eigenvalue weighted by Gasteiger charge is 2.31. The van der Waals surface area contributed by atoms with Crippen molar-refractivity contribution < 1.29 is 13.7 Å². The fourth-order valence-corrected chi connectivity index (χ4v) is 1.99. The number of oxazole rings is 1. The van der Waals surface area contributed by atoms with Gasteiger partial charge < -0.3 is 13.7 Å². The van der Waals surface area contributed by atoms with Crippen molar-refractivity contribution in [1.29, 1.82) is 0 Å². The maximum Gasteiger partial charge on any atom is 0.517 e. The Morgan fingerprint density at radius 3 is 2.10 bits per heavy atom. The van der Waals surface area contributed by atoms with E-state index in [-0.39, 0.29) is 12.2 Å². The van der Waals surface area contributed by atoms with Crippen LogP contribution in [0.15, 0.2) is 34.7 Å². The van der Waals surface area contributed by atoms with Gasteiger partial charge in [-0.2, -0.15) is 0 Å². The second-order valence-electron chi connectivity index (χ2n) is 5.53. The number of nitrogens with zero attached hydrogens (tertiary/aromatic N) is 1. The summed E-state index contributed by atoms with van der Waals surface area (Å²) in [5.74, 6) is 1.31. The van der Waals surface area contributed by atoms with Crippen LogP contribution in [0.3, 0.4) is 0 Å². The summed E-state index contributed by atoms with van der Waals surface area (Å²) in [4.78, 5) is 4.57. The van der Waals surface area contributed by atoms with Crippen LogP contribution in [-0.2, 0) is 9.31 Å². The summed E-state index contributed by atoms with van der Waals surface area (Å²) in [6, 6.07) is 9.82. The molecule has 0 aliphatic rings. The molecule has 0 spiro atoms. The number of benzene rings is 1. The number of aryl methyl sites for hydroxylation is 1. The summed E-state index contributed by atoms with van der Waals surface area (Å²) in [6.07, 6.45) is 0.0926. The lowest BCUT2D eigenvalue weighted by atomic mass is 9.82. The molecule has 5 heteroatoms. The minimum atomic E-state index is -0.508. The van der Waals surface area contributed by atoms with Gasteiger partial charge in [0.15, 0.2) is 0 Å².